The van der Waals surface area contributed by atoms with E-state index in [1.165, 1.54) is 0 Å². The van der Waals surface area contributed by atoms with Gasteiger partial charge in [0.2, 0.25) is 0 Å². The van der Waals surface area contributed by atoms with E-state index in [4.69, 9.17) is 5.73 Å². The van der Waals surface area contributed by atoms with Crippen LogP contribution in [0.15, 0.2) is 23.2 Å². The average Bonchev–Trinajstić information content (AvgIpc) is 2.76. The number of aromatic nitrogens is 1. The minimum Gasteiger partial charge on any atom is -0.396 e. The van der Waals surface area contributed by atoms with Gasteiger partial charge in [-0.05, 0) is 36.5 Å². The van der Waals surface area contributed by atoms with Crippen LogP contribution in [0.3, 0.4) is 0 Å². The minimum absolute atomic E-state index is 0.168. The molecule has 0 bridgehead atoms. The summed E-state index contributed by atoms with van der Waals surface area (Å²) in [6, 6.07) is 3.44. The van der Waals surface area contributed by atoms with Gasteiger partial charge in [-0.25, -0.2) is 8.42 Å². The number of nitrogens with one attached hydrogen (secondary N) is 1. The molecule has 6 heteroatoms. The lowest BCUT2D eigenvalue weighted by Crippen LogP contribution is -2.08. The zero-order chi connectivity index (χ0) is 15.9. The summed E-state index contributed by atoms with van der Waals surface area (Å²) in [4.78, 5) is 4.78. The van der Waals surface area contributed by atoms with Crippen LogP contribution in [0.4, 0.5) is 11.4 Å². The zero-order valence-electron chi connectivity index (χ0n) is 12.9. The molecule has 0 radical (unpaired) electrons. The summed E-state index contributed by atoms with van der Waals surface area (Å²) in [6.07, 6.45) is 3.19. The number of nitrogen functional groups attached to an aromatic ring is 1. The maximum Gasteiger partial charge on any atom is 0.179 e. The third-order valence-electron chi connectivity index (χ3n) is 4.11. The molecule has 2 heterocycles. The van der Waals surface area contributed by atoms with Crippen molar-refractivity contribution in [3.63, 3.8) is 0 Å². The van der Waals surface area contributed by atoms with Crippen LogP contribution >= 0.6 is 0 Å². The van der Waals surface area contributed by atoms with E-state index in [0.717, 1.165) is 35.1 Å². The molecule has 0 saturated carbocycles. The first-order valence-electron chi connectivity index (χ1n) is 7.57. The molecule has 0 saturated heterocycles. The maximum atomic E-state index is 12.1. The molecule has 1 aromatic carbocycles. The predicted molar refractivity (Wildman–Crippen MR) is 89.9 cm³/mol. The molecule has 1 aromatic heterocycles. The molecule has 1 aliphatic heterocycles. The molecule has 5 nitrogen and oxygen atoms in total. The zero-order valence-corrected chi connectivity index (χ0v) is 13.7. The number of benzene rings is 1. The second kappa shape index (κ2) is 5.43. The van der Waals surface area contributed by atoms with Crippen molar-refractivity contribution >= 4 is 32.1 Å². The van der Waals surface area contributed by atoms with Crippen LogP contribution in [-0.2, 0) is 16.3 Å². The molecule has 0 amide bonds. The SMILES string of the molecule is CC(C)CCNc1c(N)cnc2ccc3c(c12)CCS3(=O)=O. The Balaban J connectivity index is 2.14. The molecule has 3 rings (SSSR count). The van der Waals surface area contributed by atoms with Gasteiger partial charge in [0.05, 0.1) is 33.7 Å². The summed E-state index contributed by atoms with van der Waals surface area (Å²) in [5.74, 6) is 0.759. The number of nitrogens with two attached hydrogens (primary N) is 1. The van der Waals surface area contributed by atoms with E-state index in [1.54, 1.807) is 18.3 Å². The van der Waals surface area contributed by atoms with Crippen molar-refractivity contribution in [1.29, 1.82) is 0 Å². The molecule has 0 atom stereocenters. The second-order valence-electron chi connectivity index (χ2n) is 6.20. The number of hydrogen-bond donors (Lipinski definition) is 2. The molecule has 0 fully saturated rings. The number of nitrogens with zero attached hydrogens (tertiary/aromatic N) is 1. The van der Waals surface area contributed by atoms with Crippen molar-refractivity contribution in [2.45, 2.75) is 31.6 Å². The van der Waals surface area contributed by atoms with E-state index in [1.807, 2.05) is 0 Å². The first-order chi connectivity index (χ1) is 10.4. The van der Waals surface area contributed by atoms with Gasteiger partial charge in [-0.1, -0.05) is 13.8 Å². The molecule has 3 N–H and O–H groups in total. The number of fused-ring (bicyclic) bond motifs is 3. The van der Waals surface area contributed by atoms with E-state index < -0.39 is 9.84 Å². The highest BCUT2D eigenvalue weighted by Crippen LogP contribution is 2.37. The van der Waals surface area contributed by atoms with Gasteiger partial charge < -0.3 is 11.1 Å². The highest BCUT2D eigenvalue weighted by Gasteiger charge is 2.29. The smallest absolute Gasteiger partial charge is 0.179 e. The van der Waals surface area contributed by atoms with Gasteiger partial charge in [-0.2, -0.15) is 0 Å². The van der Waals surface area contributed by atoms with Crippen LogP contribution in [0.25, 0.3) is 10.9 Å². The van der Waals surface area contributed by atoms with Crippen LogP contribution in [0.1, 0.15) is 25.8 Å². The summed E-state index contributed by atoms with van der Waals surface area (Å²) < 4.78 is 24.2. The quantitative estimate of drug-likeness (QED) is 0.905. The largest absolute Gasteiger partial charge is 0.396 e. The summed E-state index contributed by atoms with van der Waals surface area (Å²) in [7, 11) is -3.16. The van der Waals surface area contributed by atoms with Crippen molar-refractivity contribution in [2.24, 2.45) is 5.92 Å². The summed E-state index contributed by atoms with van der Waals surface area (Å²) in [5, 5.41) is 4.25. The molecule has 2 aromatic rings. The van der Waals surface area contributed by atoms with Crippen molar-refractivity contribution in [3.8, 4) is 0 Å². The van der Waals surface area contributed by atoms with Crippen LogP contribution in [-0.4, -0.2) is 25.7 Å². The fraction of sp³-hybridized carbons (Fsp3) is 0.438. The van der Waals surface area contributed by atoms with Gasteiger partial charge >= 0.3 is 0 Å². The Labute approximate surface area is 130 Å². The lowest BCUT2D eigenvalue weighted by Gasteiger charge is -2.15. The number of rotatable bonds is 4. The lowest BCUT2D eigenvalue weighted by atomic mass is 10.0. The Kier molecular flexibility index (Phi) is 3.72. The summed E-state index contributed by atoms with van der Waals surface area (Å²) in [5.41, 5.74) is 9.11. The monoisotopic (exact) mass is 319 g/mol. The van der Waals surface area contributed by atoms with Crippen LogP contribution in [0.5, 0.6) is 0 Å². The van der Waals surface area contributed by atoms with Crippen molar-refractivity contribution in [2.75, 3.05) is 23.3 Å². The number of sulfone groups is 1. The van der Waals surface area contributed by atoms with E-state index in [9.17, 15) is 8.42 Å². The first-order valence-corrected chi connectivity index (χ1v) is 9.22. The maximum absolute atomic E-state index is 12.1. The number of hydrogen-bond acceptors (Lipinski definition) is 5. The number of anilines is 2. The molecule has 0 aliphatic carbocycles. The van der Waals surface area contributed by atoms with Crippen molar-refractivity contribution in [3.05, 3.63) is 23.9 Å². The van der Waals surface area contributed by atoms with E-state index >= 15 is 0 Å². The lowest BCUT2D eigenvalue weighted by molar-refractivity contribution is 0.600. The van der Waals surface area contributed by atoms with Gasteiger partial charge in [0.1, 0.15) is 0 Å². The molecule has 1 aliphatic rings. The Morgan fingerprint density at radius 2 is 2.14 bits per heavy atom. The van der Waals surface area contributed by atoms with E-state index in [2.05, 4.69) is 24.1 Å². The number of pyridine rings is 1. The Morgan fingerprint density at radius 3 is 2.86 bits per heavy atom. The summed E-state index contributed by atoms with van der Waals surface area (Å²) >= 11 is 0. The Hall–Kier alpha value is -1.82. The molecular weight excluding hydrogens is 298 g/mol. The first kappa shape index (κ1) is 15.1. The molecule has 118 valence electrons. The topological polar surface area (TPSA) is 85.1 Å². The third-order valence-corrected chi connectivity index (χ3v) is 5.90. The fourth-order valence-corrected chi connectivity index (χ4v) is 4.46. The highest BCUT2D eigenvalue weighted by atomic mass is 32.2. The average molecular weight is 319 g/mol. The standard InChI is InChI=1S/C16H21N3O2S/c1-10(2)5-7-18-16-12(17)9-19-13-3-4-14-11(15(13)16)6-8-22(14,20)21/h3-4,9-10H,5-8,17H2,1-2H3,(H,18,19). The van der Waals surface area contributed by atoms with Crippen LogP contribution < -0.4 is 11.1 Å². The molecule has 0 spiro atoms. The third kappa shape index (κ3) is 2.52. The van der Waals surface area contributed by atoms with Gasteiger partial charge in [-0.15, -0.1) is 0 Å². The second-order valence-corrected chi connectivity index (χ2v) is 8.28. The fourth-order valence-electron chi connectivity index (χ4n) is 2.91. The normalized spacial score (nSPS) is 16.1. The van der Waals surface area contributed by atoms with Crippen LogP contribution in [0.2, 0.25) is 0 Å². The predicted octanol–water partition coefficient (Wildman–Crippen LogP) is 2.60. The highest BCUT2D eigenvalue weighted by molar-refractivity contribution is 7.91. The van der Waals surface area contributed by atoms with E-state index in [-0.39, 0.29) is 5.75 Å². The Bertz CT molecular complexity index is 829. The summed E-state index contributed by atoms with van der Waals surface area (Å²) in [6.45, 7) is 5.14. The minimum atomic E-state index is -3.16. The van der Waals surface area contributed by atoms with Gasteiger partial charge in [0.15, 0.2) is 9.84 Å². The number of aryl methyl sites for hydroxylation is 1. The van der Waals surface area contributed by atoms with Gasteiger partial charge in [0.25, 0.3) is 0 Å². The van der Waals surface area contributed by atoms with E-state index in [0.29, 0.717) is 22.9 Å². The van der Waals surface area contributed by atoms with Gasteiger partial charge in [0, 0.05) is 11.9 Å². The van der Waals surface area contributed by atoms with Crippen molar-refractivity contribution in [1.82, 2.24) is 4.98 Å². The molecule has 22 heavy (non-hydrogen) atoms. The van der Waals surface area contributed by atoms with Crippen LogP contribution in [0, 0.1) is 5.92 Å². The van der Waals surface area contributed by atoms with Crippen molar-refractivity contribution < 1.29 is 8.42 Å². The molecular formula is C16H21N3O2S. The van der Waals surface area contributed by atoms with Gasteiger partial charge in [-0.3, -0.25) is 4.98 Å². The molecule has 0 unspecified atom stereocenters. The Morgan fingerprint density at radius 1 is 1.36 bits per heavy atom.